The summed E-state index contributed by atoms with van der Waals surface area (Å²) in [5, 5.41) is 3.98. The van der Waals surface area contributed by atoms with Gasteiger partial charge in [0.25, 0.3) is 10.0 Å². The first kappa shape index (κ1) is 32.4. The largest absolute Gasteiger partial charge is 0.351 e. The van der Waals surface area contributed by atoms with Crippen LogP contribution in [0.3, 0.4) is 0 Å². The third kappa shape index (κ3) is 5.83. The van der Waals surface area contributed by atoms with Gasteiger partial charge in [0.15, 0.2) is 25.7 Å². The van der Waals surface area contributed by atoms with Gasteiger partial charge < -0.3 is 10.2 Å². The van der Waals surface area contributed by atoms with Crippen LogP contribution in [0, 0.1) is 22.9 Å². The molecule has 9 rings (SSSR count). The fraction of sp³-hybridized carbons (Fsp3) is 0.406. The minimum absolute atomic E-state index is 0.0181. The lowest BCUT2D eigenvalue weighted by Gasteiger charge is -2.53. The molecule has 258 valence electrons. The van der Waals surface area contributed by atoms with Gasteiger partial charge in [0, 0.05) is 48.4 Å². The summed E-state index contributed by atoms with van der Waals surface area (Å²) in [7, 11) is -5.68. The van der Waals surface area contributed by atoms with E-state index in [4.69, 9.17) is 9.97 Å². The quantitative estimate of drug-likeness (QED) is 0.261. The summed E-state index contributed by atoms with van der Waals surface area (Å²) in [4.78, 5) is 17.9. The SMILES string of the molecule is CN1CC2CCC1CN2c1nc(-c2cccc(NS(=O)(=O)c3c(F)cccc3F)c2F)c(-c2ccnc(NC3CC4(C3)CS(=O)(=O)C4)n2)s1. The number of piperidine rings is 2. The van der Waals surface area contributed by atoms with E-state index >= 15 is 4.39 Å². The highest BCUT2D eigenvalue weighted by Crippen LogP contribution is 2.51. The third-order valence-corrected chi connectivity index (χ3v) is 14.6. The smallest absolute Gasteiger partial charge is 0.267 e. The minimum Gasteiger partial charge on any atom is -0.351 e. The lowest BCUT2D eigenvalue weighted by Crippen LogP contribution is -2.61. The van der Waals surface area contributed by atoms with Crippen LogP contribution in [0.15, 0.2) is 53.6 Å². The Morgan fingerprint density at radius 2 is 1.67 bits per heavy atom. The van der Waals surface area contributed by atoms with E-state index in [1.165, 1.54) is 29.5 Å². The average Bonchev–Trinajstić information content (AvgIpc) is 3.46. The number of aromatic nitrogens is 3. The molecule has 6 heterocycles. The first-order valence-corrected chi connectivity index (χ1v) is 20.0. The van der Waals surface area contributed by atoms with Crippen molar-refractivity contribution in [3.63, 3.8) is 0 Å². The molecule has 2 unspecified atom stereocenters. The number of benzene rings is 2. The van der Waals surface area contributed by atoms with Gasteiger partial charge >= 0.3 is 0 Å². The molecule has 1 saturated carbocycles. The van der Waals surface area contributed by atoms with Crippen molar-refractivity contribution in [3.05, 3.63) is 66.1 Å². The fourth-order valence-electron chi connectivity index (χ4n) is 7.74. The predicted molar refractivity (Wildman–Crippen MR) is 180 cm³/mol. The molecule has 2 aromatic carbocycles. The van der Waals surface area contributed by atoms with Crippen molar-refractivity contribution in [3.8, 4) is 21.8 Å². The first-order chi connectivity index (χ1) is 23.3. The summed E-state index contributed by atoms with van der Waals surface area (Å²) in [6, 6.07) is 9.01. The summed E-state index contributed by atoms with van der Waals surface area (Å²) in [6.45, 7) is 1.61. The van der Waals surface area contributed by atoms with Crippen LogP contribution < -0.4 is 14.9 Å². The number of piperazine rings is 1. The molecule has 5 fully saturated rings. The van der Waals surface area contributed by atoms with E-state index < -0.39 is 47.9 Å². The number of sulfonamides is 1. The molecule has 4 aromatic rings. The van der Waals surface area contributed by atoms with E-state index in [-0.39, 0.29) is 40.3 Å². The van der Waals surface area contributed by atoms with Crippen LogP contribution in [0.5, 0.6) is 0 Å². The van der Waals surface area contributed by atoms with Gasteiger partial charge in [-0.25, -0.2) is 45.0 Å². The van der Waals surface area contributed by atoms with Crippen molar-refractivity contribution in [2.24, 2.45) is 5.41 Å². The molecule has 1 spiro atoms. The summed E-state index contributed by atoms with van der Waals surface area (Å²) in [6.07, 6.45) is 5.04. The van der Waals surface area contributed by atoms with Gasteiger partial charge in [-0.1, -0.05) is 23.5 Å². The molecule has 17 heteroatoms. The highest BCUT2D eigenvalue weighted by atomic mass is 32.2. The maximum Gasteiger partial charge on any atom is 0.267 e. The Balaban J connectivity index is 1.15. The molecule has 4 saturated heterocycles. The van der Waals surface area contributed by atoms with Crippen LogP contribution in [0.1, 0.15) is 25.7 Å². The van der Waals surface area contributed by atoms with Crippen molar-refractivity contribution in [1.29, 1.82) is 0 Å². The Morgan fingerprint density at radius 1 is 0.959 bits per heavy atom. The molecular formula is C32H32F3N7O4S3. The Bertz CT molecular complexity index is 2160. The van der Waals surface area contributed by atoms with Crippen molar-refractivity contribution < 1.29 is 30.0 Å². The molecule has 49 heavy (non-hydrogen) atoms. The van der Waals surface area contributed by atoms with Crippen LogP contribution in [-0.4, -0.2) is 86.5 Å². The van der Waals surface area contributed by atoms with Gasteiger partial charge in [-0.05, 0) is 63.1 Å². The Labute approximate surface area is 285 Å². The van der Waals surface area contributed by atoms with Crippen LogP contribution in [-0.2, 0) is 19.9 Å². The van der Waals surface area contributed by atoms with Gasteiger partial charge in [-0.2, -0.15) is 0 Å². The first-order valence-electron chi connectivity index (χ1n) is 15.8. The number of rotatable bonds is 8. The number of likely N-dealkylation sites (N-methyl/N-ethyl adjacent to an activating group) is 1. The molecule has 0 radical (unpaired) electrons. The zero-order valence-corrected chi connectivity index (χ0v) is 28.7. The molecule has 2 bridgehead atoms. The number of sulfone groups is 1. The van der Waals surface area contributed by atoms with Crippen molar-refractivity contribution >= 4 is 48.0 Å². The minimum atomic E-state index is -4.84. The number of thiazole rings is 1. The number of nitrogens with one attached hydrogen (secondary N) is 2. The van der Waals surface area contributed by atoms with Gasteiger partial charge in [-0.3, -0.25) is 9.62 Å². The highest BCUT2D eigenvalue weighted by molar-refractivity contribution is 7.93. The standard InChI is InChI=1S/C32H32F3N7O4S3/c1-41-14-20-9-8-19(41)15-42(20)31-39-27(21-4-2-7-24(26(21)35)40-49(45,46)29-22(33)5-3-6-23(29)34)28(47-31)25-10-11-36-30(38-25)37-18-12-32(13-18)16-48(43,44)17-32/h2-7,10-11,18-20,40H,8-9,12-17H2,1H3,(H,36,37,38). The topological polar surface area (TPSA) is 137 Å². The molecule has 11 nitrogen and oxygen atoms in total. The lowest BCUT2D eigenvalue weighted by atomic mass is 9.67. The number of nitrogens with zero attached hydrogens (tertiary/aromatic N) is 5. The normalized spacial score (nSPS) is 22.9. The van der Waals surface area contributed by atoms with E-state index in [1.807, 2.05) is 4.72 Å². The number of hydrogen-bond donors (Lipinski definition) is 2. The second-order valence-electron chi connectivity index (χ2n) is 13.5. The van der Waals surface area contributed by atoms with Gasteiger partial charge in [0.05, 0.1) is 33.5 Å². The third-order valence-electron chi connectivity index (χ3n) is 9.98. The fourth-order valence-corrected chi connectivity index (χ4v) is 12.3. The molecule has 2 N–H and O–H groups in total. The van der Waals surface area contributed by atoms with E-state index in [0.717, 1.165) is 44.1 Å². The summed E-state index contributed by atoms with van der Waals surface area (Å²) in [5.74, 6) is -2.83. The summed E-state index contributed by atoms with van der Waals surface area (Å²) >= 11 is 1.35. The molecular weight excluding hydrogens is 700 g/mol. The molecule has 2 atom stereocenters. The Morgan fingerprint density at radius 3 is 2.35 bits per heavy atom. The molecule has 5 aliphatic rings. The van der Waals surface area contributed by atoms with Crippen LogP contribution in [0.25, 0.3) is 21.8 Å². The molecule has 4 aliphatic heterocycles. The number of fused-ring (bicyclic) bond motifs is 3. The van der Waals surface area contributed by atoms with Crippen LogP contribution >= 0.6 is 11.3 Å². The van der Waals surface area contributed by atoms with E-state index in [9.17, 15) is 25.6 Å². The van der Waals surface area contributed by atoms with Gasteiger partial charge in [0.2, 0.25) is 5.95 Å². The van der Waals surface area contributed by atoms with Crippen LogP contribution in [0.4, 0.5) is 29.9 Å². The summed E-state index contributed by atoms with van der Waals surface area (Å²) in [5.41, 5.74) is 0.0113. The predicted octanol–water partition coefficient (Wildman–Crippen LogP) is 4.76. The zero-order chi connectivity index (χ0) is 34.3. The summed E-state index contributed by atoms with van der Waals surface area (Å²) < 4.78 is 96.8. The number of halogens is 3. The lowest BCUT2D eigenvalue weighted by molar-refractivity contribution is 0.125. The highest BCUT2D eigenvalue weighted by Gasteiger charge is 2.56. The second kappa shape index (κ2) is 11.6. The Hall–Kier alpha value is -3.80. The number of hydrogen-bond acceptors (Lipinski definition) is 11. The van der Waals surface area contributed by atoms with Gasteiger partial charge in [0.1, 0.15) is 11.6 Å². The number of anilines is 3. The van der Waals surface area contributed by atoms with E-state index in [2.05, 4.69) is 27.1 Å². The second-order valence-corrected chi connectivity index (χ2v) is 18.2. The van der Waals surface area contributed by atoms with E-state index in [0.29, 0.717) is 40.5 Å². The van der Waals surface area contributed by atoms with Crippen molar-refractivity contribution in [2.45, 2.75) is 48.7 Å². The zero-order valence-electron chi connectivity index (χ0n) is 26.2. The van der Waals surface area contributed by atoms with Crippen molar-refractivity contribution in [2.75, 3.05) is 46.6 Å². The van der Waals surface area contributed by atoms with E-state index in [1.54, 1.807) is 12.3 Å². The monoisotopic (exact) mass is 731 g/mol. The molecule has 1 aliphatic carbocycles. The Kier molecular flexibility index (Phi) is 7.70. The van der Waals surface area contributed by atoms with Gasteiger partial charge in [-0.15, -0.1) is 0 Å². The van der Waals surface area contributed by atoms with Crippen LogP contribution in [0.2, 0.25) is 0 Å². The molecule has 0 amide bonds. The maximum atomic E-state index is 16.4. The molecule has 2 aromatic heterocycles. The van der Waals surface area contributed by atoms with Crippen molar-refractivity contribution in [1.82, 2.24) is 19.9 Å². The average molecular weight is 732 g/mol. The maximum absolute atomic E-state index is 16.4.